The van der Waals surface area contributed by atoms with Crippen LogP contribution in [0.2, 0.25) is 0 Å². The Labute approximate surface area is 149 Å². The second kappa shape index (κ2) is 6.55. The lowest BCUT2D eigenvalue weighted by Gasteiger charge is -2.57. The third-order valence-corrected chi connectivity index (χ3v) is 7.56. The van der Waals surface area contributed by atoms with Crippen molar-refractivity contribution in [3.63, 3.8) is 0 Å². The molecule has 0 aromatic rings. The standard InChI is InChI=1S/C21H39N3/c1-18(2)14-20(6-7-20)15-23-12-8-21(9-13-23)16-24(17-21)19-4-10-22(3)11-5-19/h18-19H,4-17H2,1-3H3. The average molecular weight is 334 g/mol. The average Bonchev–Trinajstić information content (AvgIpc) is 3.25. The third-order valence-electron chi connectivity index (χ3n) is 7.56. The van der Waals surface area contributed by atoms with Crippen LogP contribution in [0.4, 0.5) is 0 Å². The lowest BCUT2D eigenvalue weighted by Crippen LogP contribution is -2.64. The van der Waals surface area contributed by atoms with Gasteiger partial charge in [0, 0.05) is 25.7 Å². The number of piperidine rings is 2. The van der Waals surface area contributed by atoms with Gasteiger partial charge in [0.2, 0.25) is 0 Å². The Morgan fingerprint density at radius 3 is 2.08 bits per heavy atom. The molecule has 0 bridgehead atoms. The fraction of sp³-hybridized carbons (Fsp3) is 1.00. The Morgan fingerprint density at radius 2 is 1.54 bits per heavy atom. The Morgan fingerprint density at radius 1 is 0.917 bits per heavy atom. The normalized spacial score (nSPS) is 31.5. The Bertz CT molecular complexity index is 418. The molecule has 0 aromatic heterocycles. The first-order valence-electron chi connectivity index (χ1n) is 10.6. The topological polar surface area (TPSA) is 9.72 Å². The summed E-state index contributed by atoms with van der Waals surface area (Å²) in [6.45, 7) is 14.4. The van der Waals surface area contributed by atoms with Crippen molar-refractivity contribution >= 4 is 0 Å². The summed E-state index contributed by atoms with van der Waals surface area (Å²) >= 11 is 0. The van der Waals surface area contributed by atoms with Crippen LogP contribution in [0.5, 0.6) is 0 Å². The van der Waals surface area contributed by atoms with E-state index in [-0.39, 0.29) is 0 Å². The van der Waals surface area contributed by atoms with E-state index >= 15 is 0 Å². The number of nitrogens with zero attached hydrogens (tertiary/aromatic N) is 3. The summed E-state index contributed by atoms with van der Waals surface area (Å²) in [5.41, 5.74) is 1.42. The molecule has 1 aliphatic carbocycles. The molecule has 1 saturated carbocycles. The first-order chi connectivity index (χ1) is 11.5. The van der Waals surface area contributed by atoms with E-state index in [4.69, 9.17) is 0 Å². The predicted molar refractivity (Wildman–Crippen MR) is 101 cm³/mol. The van der Waals surface area contributed by atoms with E-state index in [9.17, 15) is 0 Å². The molecule has 138 valence electrons. The summed E-state index contributed by atoms with van der Waals surface area (Å²) in [5.74, 6) is 0.873. The van der Waals surface area contributed by atoms with Crippen molar-refractivity contribution in [1.29, 1.82) is 0 Å². The van der Waals surface area contributed by atoms with Crippen molar-refractivity contribution < 1.29 is 0 Å². The molecule has 0 atom stereocenters. The van der Waals surface area contributed by atoms with Crippen LogP contribution >= 0.6 is 0 Å². The van der Waals surface area contributed by atoms with Crippen LogP contribution < -0.4 is 0 Å². The molecule has 3 heteroatoms. The second-order valence-electron chi connectivity index (χ2n) is 10.3. The summed E-state index contributed by atoms with van der Waals surface area (Å²) in [6, 6.07) is 0.894. The minimum Gasteiger partial charge on any atom is -0.306 e. The van der Waals surface area contributed by atoms with Crippen molar-refractivity contribution in [2.75, 3.05) is 52.9 Å². The zero-order valence-electron chi connectivity index (χ0n) is 16.4. The van der Waals surface area contributed by atoms with Gasteiger partial charge in [-0.1, -0.05) is 13.8 Å². The highest BCUT2D eigenvalue weighted by atomic mass is 15.3. The summed E-state index contributed by atoms with van der Waals surface area (Å²) in [5, 5.41) is 0. The van der Waals surface area contributed by atoms with Crippen molar-refractivity contribution in [2.45, 2.75) is 64.8 Å². The van der Waals surface area contributed by atoms with Crippen LogP contribution in [0.3, 0.4) is 0 Å². The van der Waals surface area contributed by atoms with Crippen LogP contribution in [-0.2, 0) is 0 Å². The molecule has 4 fully saturated rings. The molecule has 1 spiro atoms. The van der Waals surface area contributed by atoms with Gasteiger partial charge in [-0.05, 0) is 94.9 Å². The maximum atomic E-state index is 2.82. The van der Waals surface area contributed by atoms with Crippen LogP contribution in [0.15, 0.2) is 0 Å². The van der Waals surface area contributed by atoms with Gasteiger partial charge in [0.05, 0.1) is 0 Å². The molecule has 24 heavy (non-hydrogen) atoms. The van der Waals surface area contributed by atoms with Gasteiger partial charge >= 0.3 is 0 Å². The number of hydrogen-bond donors (Lipinski definition) is 0. The van der Waals surface area contributed by atoms with Gasteiger partial charge in [-0.2, -0.15) is 0 Å². The number of rotatable bonds is 5. The molecule has 0 unspecified atom stereocenters. The van der Waals surface area contributed by atoms with Crippen molar-refractivity contribution in [2.24, 2.45) is 16.7 Å². The summed E-state index contributed by atoms with van der Waals surface area (Å²) < 4.78 is 0. The van der Waals surface area contributed by atoms with Gasteiger partial charge in [0.1, 0.15) is 0 Å². The van der Waals surface area contributed by atoms with Crippen LogP contribution in [0.1, 0.15) is 58.8 Å². The zero-order chi connectivity index (χ0) is 16.8. The maximum absolute atomic E-state index is 2.82. The monoisotopic (exact) mass is 333 g/mol. The van der Waals surface area contributed by atoms with Gasteiger partial charge in [-0.15, -0.1) is 0 Å². The highest BCUT2D eigenvalue weighted by Gasteiger charge is 2.49. The van der Waals surface area contributed by atoms with E-state index in [1.807, 2.05) is 0 Å². The molecule has 4 rings (SSSR count). The van der Waals surface area contributed by atoms with Crippen molar-refractivity contribution in [3.05, 3.63) is 0 Å². The molecule has 0 amide bonds. The molecular formula is C21H39N3. The highest BCUT2D eigenvalue weighted by Crippen LogP contribution is 2.52. The number of hydrogen-bond acceptors (Lipinski definition) is 3. The van der Waals surface area contributed by atoms with Crippen LogP contribution in [-0.4, -0.2) is 73.6 Å². The largest absolute Gasteiger partial charge is 0.306 e. The molecule has 0 radical (unpaired) electrons. The molecule has 3 aliphatic heterocycles. The Kier molecular flexibility index (Phi) is 4.73. The zero-order valence-corrected chi connectivity index (χ0v) is 16.4. The van der Waals surface area contributed by atoms with Gasteiger partial charge in [-0.25, -0.2) is 0 Å². The highest BCUT2D eigenvalue weighted by molar-refractivity contribution is 5.03. The smallest absolute Gasteiger partial charge is 0.0120 e. The summed E-state index contributed by atoms with van der Waals surface area (Å²) in [4.78, 5) is 8.14. The lowest BCUT2D eigenvalue weighted by atomic mass is 9.70. The van der Waals surface area contributed by atoms with E-state index in [2.05, 4.69) is 35.6 Å². The predicted octanol–water partition coefficient (Wildman–Crippen LogP) is 3.30. The second-order valence-corrected chi connectivity index (χ2v) is 10.3. The number of likely N-dealkylation sites (tertiary alicyclic amines) is 3. The molecule has 3 nitrogen and oxygen atoms in total. The van der Waals surface area contributed by atoms with E-state index in [1.165, 1.54) is 90.8 Å². The molecule has 0 N–H and O–H groups in total. The fourth-order valence-corrected chi connectivity index (χ4v) is 5.88. The quantitative estimate of drug-likeness (QED) is 0.764. The Hall–Kier alpha value is -0.120. The van der Waals surface area contributed by atoms with Gasteiger partial charge in [-0.3, -0.25) is 4.90 Å². The minimum atomic E-state index is 0.703. The van der Waals surface area contributed by atoms with Crippen LogP contribution in [0.25, 0.3) is 0 Å². The molecular weight excluding hydrogens is 294 g/mol. The maximum Gasteiger partial charge on any atom is 0.0120 e. The van der Waals surface area contributed by atoms with Gasteiger partial charge in [0.25, 0.3) is 0 Å². The van der Waals surface area contributed by atoms with Gasteiger partial charge < -0.3 is 9.80 Å². The van der Waals surface area contributed by atoms with Crippen molar-refractivity contribution in [1.82, 2.24) is 14.7 Å². The summed E-state index contributed by atoms with van der Waals surface area (Å²) in [7, 11) is 2.27. The molecule has 0 aromatic carbocycles. The third kappa shape index (κ3) is 3.68. The fourth-order valence-electron chi connectivity index (χ4n) is 5.88. The van der Waals surface area contributed by atoms with Crippen molar-refractivity contribution in [3.8, 4) is 0 Å². The first-order valence-corrected chi connectivity index (χ1v) is 10.6. The van der Waals surface area contributed by atoms with E-state index in [0.29, 0.717) is 5.41 Å². The summed E-state index contributed by atoms with van der Waals surface area (Å²) in [6.07, 6.45) is 10.2. The first kappa shape index (κ1) is 17.3. The van der Waals surface area contributed by atoms with E-state index < -0.39 is 0 Å². The SMILES string of the molecule is CC(C)CC1(CN2CCC3(CC2)CN(C2CCN(C)CC2)C3)CC1. The molecule has 3 heterocycles. The minimum absolute atomic E-state index is 0.703. The van der Waals surface area contributed by atoms with E-state index in [1.54, 1.807) is 0 Å². The Balaban J connectivity index is 1.20. The van der Waals surface area contributed by atoms with Crippen LogP contribution in [0, 0.1) is 16.7 Å². The van der Waals surface area contributed by atoms with Gasteiger partial charge in [0.15, 0.2) is 0 Å². The lowest BCUT2D eigenvalue weighted by molar-refractivity contribution is -0.0810. The molecule has 4 aliphatic rings. The van der Waals surface area contributed by atoms with E-state index in [0.717, 1.165) is 17.4 Å². The molecule has 3 saturated heterocycles.